The molecule has 0 atom stereocenters. The van der Waals surface area contributed by atoms with Gasteiger partial charge >= 0.3 is 0 Å². The predicted molar refractivity (Wildman–Crippen MR) is 94.2 cm³/mol. The van der Waals surface area contributed by atoms with E-state index in [-0.39, 0.29) is 0 Å². The molecule has 2 rings (SSSR count). The normalized spacial score (nSPS) is 10.7. The highest BCUT2D eigenvalue weighted by Gasteiger charge is 2.09. The van der Waals surface area contributed by atoms with Crippen LogP contribution in [0.25, 0.3) is 0 Å². The van der Waals surface area contributed by atoms with Gasteiger partial charge in [0.05, 0.1) is 16.7 Å². The first kappa shape index (κ1) is 17.4. The minimum atomic E-state index is 0.537. The summed E-state index contributed by atoms with van der Waals surface area (Å²) in [5.74, 6) is 0.556. The minimum absolute atomic E-state index is 0.537. The topological polar surface area (TPSA) is 21.3 Å². The third-order valence-corrected chi connectivity index (χ3v) is 4.04. The molecule has 2 aromatic carbocycles. The molecule has 118 valence electrons. The van der Waals surface area contributed by atoms with Gasteiger partial charge in [-0.15, -0.1) is 0 Å². The van der Waals surface area contributed by atoms with Gasteiger partial charge in [-0.3, -0.25) is 0 Å². The highest BCUT2D eigenvalue weighted by Crippen LogP contribution is 2.34. The van der Waals surface area contributed by atoms with Crippen molar-refractivity contribution in [3.63, 3.8) is 0 Å². The first-order valence-electron chi connectivity index (χ1n) is 7.16. The lowest BCUT2D eigenvalue weighted by Crippen LogP contribution is -2.13. The molecule has 0 unspecified atom stereocenters. The molecule has 0 radical (unpaired) electrons. The van der Waals surface area contributed by atoms with E-state index in [9.17, 15) is 0 Å². The molecule has 0 heterocycles. The number of hydrogen-bond acceptors (Lipinski definition) is 2. The fourth-order valence-electron chi connectivity index (χ4n) is 2.04. The Labute approximate surface area is 146 Å². The van der Waals surface area contributed by atoms with Crippen LogP contribution in [0.15, 0.2) is 36.4 Å². The third kappa shape index (κ3) is 4.79. The Balaban J connectivity index is 1.97. The van der Waals surface area contributed by atoms with E-state index in [2.05, 4.69) is 5.32 Å². The monoisotopic (exact) mass is 357 g/mol. The Morgan fingerprint density at radius 1 is 0.955 bits per heavy atom. The van der Waals surface area contributed by atoms with Gasteiger partial charge < -0.3 is 10.1 Å². The van der Waals surface area contributed by atoms with E-state index >= 15 is 0 Å². The van der Waals surface area contributed by atoms with Crippen LogP contribution in [0.2, 0.25) is 15.1 Å². The first-order valence-corrected chi connectivity index (χ1v) is 8.30. The van der Waals surface area contributed by atoms with Crippen molar-refractivity contribution in [3.8, 4) is 5.75 Å². The summed E-state index contributed by atoms with van der Waals surface area (Å²) in [5, 5.41) is 5.17. The van der Waals surface area contributed by atoms with Crippen molar-refractivity contribution in [3.05, 3.63) is 62.6 Å². The molecule has 0 aliphatic heterocycles. The number of ether oxygens (including phenoxy) is 1. The van der Waals surface area contributed by atoms with Crippen LogP contribution in [0.1, 0.15) is 24.5 Å². The Bertz CT molecular complexity index is 608. The number of hydrogen-bond donors (Lipinski definition) is 1. The Morgan fingerprint density at radius 3 is 2.27 bits per heavy atom. The average Bonchev–Trinajstić information content (AvgIpc) is 2.48. The molecule has 0 saturated carbocycles. The van der Waals surface area contributed by atoms with Crippen molar-refractivity contribution in [2.24, 2.45) is 0 Å². The van der Waals surface area contributed by atoms with Crippen molar-refractivity contribution in [1.29, 1.82) is 0 Å². The standard InChI is InChI=1S/C17H18Cl3NO/c1-2-7-22-17-15(19)8-12(9-16(17)20)10-21-11-13-5-3-4-6-14(13)18/h3-6,8-9,21H,2,7,10-11H2,1H3. The van der Waals surface area contributed by atoms with E-state index in [4.69, 9.17) is 39.5 Å². The van der Waals surface area contributed by atoms with Crippen LogP contribution in [0.4, 0.5) is 0 Å². The molecule has 0 aromatic heterocycles. The van der Waals surface area contributed by atoms with E-state index in [1.807, 2.05) is 43.3 Å². The number of benzene rings is 2. The van der Waals surface area contributed by atoms with Crippen molar-refractivity contribution in [2.45, 2.75) is 26.4 Å². The fraction of sp³-hybridized carbons (Fsp3) is 0.294. The van der Waals surface area contributed by atoms with Gasteiger partial charge in [-0.2, -0.15) is 0 Å². The molecule has 0 spiro atoms. The van der Waals surface area contributed by atoms with Crippen LogP contribution >= 0.6 is 34.8 Å². The van der Waals surface area contributed by atoms with Gasteiger partial charge in [-0.05, 0) is 35.7 Å². The minimum Gasteiger partial charge on any atom is -0.490 e. The van der Waals surface area contributed by atoms with E-state index in [1.54, 1.807) is 0 Å². The largest absolute Gasteiger partial charge is 0.490 e. The van der Waals surface area contributed by atoms with Crippen LogP contribution in [0, 0.1) is 0 Å². The van der Waals surface area contributed by atoms with Gasteiger partial charge in [0.1, 0.15) is 0 Å². The van der Waals surface area contributed by atoms with Gasteiger partial charge in [-0.25, -0.2) is 0 Å². The molecule has 1 N–H and O–H groups in total. The molecule has 2 nitrogen and oxygen atoms in total. The molecule has 2 aromatic rings. The molecule has 0 amide bonds. The summed E-state index contributed by atoms with van der Waals surface area (Å²) in [6.07, 6.45) is 0.911. The number of nitrogens with one attached hydrogen (secondary N) is 1. The van der Waals surface area contributed by atoms with Crippen LogP contribution in [-0.4, -0.2) is 6.61 Å². The lowest BCUT2D eigenvalue weighted by Gasteiger charge is -2.12. The third-order valence-electron chi connectivity index (χ3n) is 3.11. The molecule has 0 aliphatic rings. The maximum absolute atomic E-state index is 6.23. The maximum atomic E-state index is 6.23. The van der Waals surface area contributed by atoms with Gasteiger partial charge in [0.2, 0.25) is 0 Å². The molecular weight excluding hydrogens is 341 g/mol. The zero-order valence-electron chi connectivity index (χ0n) is 12.3. The molecule has 0 saturated heterocycles. The summed E-state index contributed by atoms with van der Waals surface area (Å²) < 4.78 is 5.56. The van der Waals surface area contributed by atoms with Crippen molar-refractivity contribution >= 4 is 34.8 Å². The molecule has 22 heavy (non-hydrogen) atoms. The molecular formula is C17H18Cl3NO. The zero-order chi connectivity index (χ0) is 15.9. The summed E-state index contributed by atoms with van der Waals surface area (Å²) in [4.78, 5) is 0. The second-order valence-corrected chi connectivity index (χ2v) is 6.15. The highest BCUT2D eigenvalue weighted by molar-refractivity contribution is 6.37. The lowest BCUT2D eigenvalue weighted by molar-refractivity contribution is 0.317. The van der Waals surface area contributed by atoms with E-state index < -0.39 is 0 Å². The smallest absolute Gasteiger partial charge is 0.156 e. The van der Waals surface area contributed by atoms with Crippen LogP contribution in [0.3, 0.4) is 0 Å². The second kappa shape index (κ2) is 8.64. The zero-order valence-corrected chi connectivity index (χ0v) is 14.6. The Hall–Kier alpha value is -0.930. The quantitative estimate of drug-likeness (QED) is 0.683. The van der Waals surface area contributed by atoms with Gasteiger partial charge in [-0.1, -0.05) is 59.9 Å². The van der Waals surface area contributed by atoms with Crippen LogP contribution in [-0.2, 0) is 13.1 Å². The summed E-state index contributed by atoms with van der Waals surface area (Å²) in [7, 11) is 0. The summed E-state index contributed by atoms with van der Waals surface area (Å²) >= 11 is 18.6. The predicted octanol–water partition coefficient (Wildman–Crippen LogP) is 5.73. The molecule has 5 heteroatoms. The number of halogens is 3. The molecule has 0 aliphatic carbocycles. The van der Waals surface area contributed by atoms with Gasteiger partial charge in [0, 0.05) is 18.1 Å². The molecule has 0 bridgehead atoms. The van der Waals surface area contributed by atoms with E-state index in [0.717, 1.165) is 22.6 Å². The Morgan fingerprint density at radius 2 is 1.64 bits per heavy atom. The van der Waals surface area contributed by atoms with E-state index in [1.165, 1.54) is 0 Å². The lowest BCUT2D eigenvalue weighted by atomic mass is 10.2. The summed E-state index contributed by atoms with van der Waals surface area (Å²) in [6.45, 7) is 3.97. The van der Waals surface area contributed by atoms with Crippen LogP contribution < -0.4 is 10.1 Å². The van der Waals surface area contributed by atoms with Gasteiger partial charge in [0.25, 0.3) is 0 Å². The van der Waals surface area contributed by atoms with Crippen LogP contribution in [0.5, 0.6) is 5.75 Å². The molecule has 0 fully saturated rings. The number of rotatable bonds is 7. The summed E-state index contributed by atoms with van der Waals surface area (Å²) in [5.41, 5.74) is 2.06. The average molecular weight is 359 g/mol. The second-order valence-electron chi connectivity index (χ2n) is 4.93. The highest BCUT2D eigenvalue weighted by atomic mass is 35.5. The first-order chi connectivity index (χ1) is 10.6. The Kier molecular flexibility index (Phi) is 6.84. The van der Waals surface area contributed by atoms with E-state index in [0.29, 0.717) is 35.5 Å². The SMILES string of the molecule is CCCOc1c(Cl)cc(CNCc2ccccc2Cl)cc1Cl. The van der Waals surface area contributed by atoms with Crippen molar-refractivity contribution in [1.82, 2.24) is 5.32 Å². The summed E-state index contributed by atoms with van der Waals surface area (Å²) in [6, 6.07) is 11.5. The maximum Gasteiger partial charge on any atom is 0.156 e. The fourth-order valence-corrected chi connectivity index (χ4v) is 2.88. The van der Waals surface area contributed by atoms with Crippen molar-refractivity contribution < 1.29 is 4.74 Å². The van der Waals surface area contributed by atoms with Gasteiger partial charge in [0.15, 0.2) is 5.75 Å². The van der Waals surface area contributed by atoms with Crippen molar-refractivity contribution in [2.75, 3.05) is 6.61 Å².